The van der Waals surface area contributed by atoms with E-state index in [1.807, 2.05) is 0 Å². The lowest BCUT2D eigenvalue weighted by molar-refractivity contribution is -0.137. The molecule has 0 saturated carbocycles. The molecule has 0 atom stereocenters. The monoisotopic (exact) mass is 544 g/mol. The molecule has 0 aliphatic rings. The van der Waals surface area contributed by atoms with Crippen LogP contribution in [0.25, 0.3) is 0 Å². The lowest BCUT2D eigenvalue weighted by Crippen LogP contribution is -2.21. The van der Waals surface area contributed by atoms with Crippen LogP contribution in [0.4, 0.5) is 13.2 Å². The molecule has 0 saturated heterocycles. The largest absolute Gasteiger partial charge is 0.416 e. The van der Waals surface area contributed by atoms with Crippen LogP contribution in [0, 0.1) is 0 Å². The molecule has 0 bridgehead atoms. The number of halogens is 5. The van der Waals surface area contributed by atoms with Crippen molar-refractivity contribution in [3.8, 4) is 5.75 Å². The summed E-state index contributed by atoms with van der Waals surface area (Å²) in [5, 5.41) is 4.65. The van der Waals surface area contributed by atoms with Crippen molar-refractivity contribution >= 4 is 44.9 Å². The SMILES string of the molecule is CC(=NNC(=O)Cc1ccc(Cl)c(Cl)c1)c1ccccc1OS(=O)(=O)c1ccc(C(F)(F)F)cc1. The molecule has 1 N–H and O–H groups in total. The summed E-state index contributed by atoms with van der Waals surface area (Å²) in [6.07, 6.45) is -4.64. The molecule has 0 unspecified atom stereocenters. The average molecular weight is 545 g/mol. The van der Waals surface area contributed by atoms with Gasteiger partial charge >= 0.3 is 16.3 Å². The molecule has 6 nitrogen and oxygen atoms in total. The van der Waals surface area contributed by atoms with Crippen molar-refractivity contribution < 1.29 is 30.6 Å². The number of amides is 1. The number of hydrogen-bond donors (Lipinski definition) is 1. The maximum absolute atomic E-state index is 12.8. The van der Waals surface area contributed by atoms with Crippen molar-refractivity contribution in [2.45, 2.75) is 24.4 Å². The standard InChI is InChI=1S/C23H17Cl2F3N2O4S/c1-14(29-30-22(31)13-15-6-11-19(24)20(25)12-15)18-4-2-3-5-21(18)34-35(32,33)17-9-7-16(8-10-17)23(26,27)28/h2-12H,13H2,1H3,(H,30,31). The summed E-state index contributed by atoms with van der Waals surface area (Å²) in [6.45, 7) is 1.52. The molecule has 3 aromatic carbocycles. The Labute approximate surface area is 209 Å². The maximum atomic E-state index is 12.8. The fourth-order valence-electron chi connectivity index (χ4n) is 2.90. The first-order valence-corrected chi connectivity index (χ1v) is 12.0. The first kappa shape index (κ1) is 26.5. The van der Waals surface area contributed by atoms with Gasteiger partial charge in [-0.2, -0.15) is 26.7 Å². The molecule has 3 aromatic rings. The Morgan fingerprint density at radius 2 is 1.66 bits per heavy atom. The number of hydrazone groups is 1. The quantitative estimate of drug-likeness (QED) is 0.229. The molecule has 0 fully saturated rings. The third kappa shape index (κ3) is 6.97. The zero-order chi connectivity index (χ0) is 25.8. The molecule has 35 heavy (non-hydrogen) atoms. The van der Waals surface area contributed by atoms with Crippen LogP contribution in [0.5, 0.6) is 5.75 Å². The van der Waals surface area contributed by atoms with Crippen LogP contribution >= 0.6 is 23.2 Å². The number of carbonyl (C=O) groups is 1. The number of nitrogens with one attached hydrogen (secondary N) is 1. The highest BCUT2D eigenvalue weighted by Gasteiger charge is 2.31. The summed E-state index contributed by atoms with van der Waals surface area (Å²) in [4.78, 5) is 11.8. The van der Waals surface area contributed by atoms with Gasteiger partial charge in [-0.1, -0.05) is 41.4 Å². The number of carbonyl (C=O) groups excluding carboxylic acids is 1. The Balaban J connectivity index is 1.75. The summed E-state index contributed by atoms with van der Waals surface area (Å²) >= 11 is 11.8. The lowest BCUT2D eigenvalue weighted by atomic mass is 10.1. The van der Waals surface area contributed by atoms with Gasteiger partial charge in [0.15, 0.2) is 5.75 Å². The molecule has 0 aliphatic heterocycles. The first-order chi connectivity index (χ1) is 16.4. The van der Waals surface area contributed by atoms with E-state index in [2.05, 4.69) is 10.5 Å². The average Bonchev–Trinajstić information content (AvgIpc) is 2.79. The zero-order valence-corrected chi connectivity index (χ0v) is 20.3. The zero-order valence-electron chi connectivity index (χ0n) is 17.9. The van der Waals surface area contributed by atoms with Crippen molar-refractivity contribution in [3.63, 3.8) is 0 Å². The Morgan fingerprint density at radius 1 is 1.00 bits per heavy atom. The van der Waals surface area contributed by atoms with Crippen molar-refractivity contribution in [3.05, 3.63) is 93.5 Å². The van der Waals surface area contributed by atoms with E-state index in [4.69, 9.17) is 27.4 Å². The molecule has 1 amide bonds. The second kappa shape index (κ2) is 10.7. The van der Waals surface area contributed by atoms with Gasteiger partial charge in [0, 0.05) is 5.56 Å². The minimum atomic E-state index is -4.60. The van der Waals surface area contributed by atoms with Crippen molar-refractivity contribution in [1.82, 2.24) is 5.43 Å². The molecule has 0 radical (unpaired) electrons. The fourth-order valence-corrected chi connectivity index (χ4v) is 4.16. The Morgan fingerprint density at radius 3 is 2.29 bits per heavy atom. The maximum Gasteiger partial charge on any atom is 0.416 e. The lowest BCUT2D eigenvalue weighted by Gasteiger charge is -2.12. The molecule has 184 valence electrons. The molecular formula is C23H17Cl2F3N2O4S. The summed E-state index contributed by atoms with van der Waals surface area (Å²) < 4.78 is 68.7. The fraction of sp³-hybridized carbons (Fsp3) is 0.130. The second-order valence-corrected chi connectivity index (χ2v) is 9.57. The highest BCUT2D eigenvalue weighted by Crippen LogP contribution is 2.30. The molecule has 0 spiro atoms. The van der Waals surface area contributed by atoms with Crippen molar-refractivity contribution in [1.29, 1.82) is 0 Å². The first-order valence-electron chi connectivity index (χ1n) is 9.85. The van der Waals surface area contributed by atoms with E-state index in [1.54, 1.807) is 24.3 Å². The van der Waals surface area contributed by atoms with Crippen LogP contribution in [0.1, 0.15) is 23.6 Å². The Hall–Kier alpha value is -3.08. The smallest absolute Gasteiger partial charge is 0.378 e. The highest BCUT2D eigenvalue weighted by atomic mass is 35.5. The van der Waals surface area contributed by atoms with Crippen molar-refractivity contribution in [2.75, 3.05) is 0 Å². The van der Waals surface area contributed by atoms with E-state index >= 15 is 0 Å². The molecular weight excluding hydrogens is 528 g/mol. The minimum Gasteiger partial charge on any atom is -0.378 e. The van der Waals surface area contributed by atoms with Gasteiger partial charge in [-0.3, -0.25) is 4.79 Å². The minimum absolute atomic E-state index is 0.0336. The number of para-hydroxylation sites is 1. The van der Waals surface area contributed by atoms with Gasteiger partial charge in [-0.15, -0.1) is 0 Å². The number of hydrogen-bond acceptors (Lipinski definition) is 5. The summed E-state index contributed by atoms with van der Waals surface area (Å²) in [7, 11) is -4.44. The Bertz CT molecular complexity index is 1380. The van der Waals surface area contributed by atoms with Crippen LogP contribution in [0.3, 0.4) is 0 Å². The van der Waals surface area contributed by atoms with E-state index in [-0.39, 0.29) is 23.4 Å². The van der Waals surface area contributed by atoms with Gasteiger partial charge in [0.25, 0.3) is 0 Å². The van der Waals surface area contributed by atoms with Crippen LogP contribution in [0.15, 0.2) is 76.7 Å². The molecule has 0 aromatic heterocycles. The summed E-state index contributed by atoms with van der Waals surface area (Å²) in [5.74, 6) is -0.578. The van der Waals surface area contributed by atoms with E-state index in [9.17, 15) is 26.4 Å². The van der Waals surface area contributed by atoms with Gasteiger partial charge in [0.1, 0.15) is 4.90 Å². The molecule has 0 heterocycles. The Kier molecular flexibility index (Phi) is 8.09. The predicted octanol–water partition coefficient (Wildman–Crippen LogP) is 5.86. The van der Waals surface area contributed by atoms with Crippen LogP contribution < -0.4 is 9.61 Å². The number of benzene rings is 3. The van der Waals surface area contributed by atoms with E-state index in [0.717, 1.165) is 12.1 Å². The number of rotatable bonds is 7. The third-order valence-electron chi connectivity index (χ3n) is 4.64. The van der Waals surface area contributed by atoms with E-state index in [1.165, 1.54) is 25.1 Å². The van der Waals surface area contributed by atoms with E-state index < -0.39 is 32.7 Å². The third-order valence-corrected chi connectivity index (χ3v) is 6.63. The van der Waals surface area contributed by atoms with Crippen LogP contribution in [-0.2, 0) is 27.5 Å². The van der Waals surface area contributed by atoms with Gasteiger partial charge in [-0.05, 0) is 61.0 Å². The molecule has 0 aliphatic carbocycles. The summed E-state index contributed by atoms with van der Waals surface area (Å²) in [6, 6.07) is 13.7. The topological polar surface area (TPSA) is 84.8 Å². The van der Waals surface area contributed by atoms with Gasteiger partial charge in [0.2, 0.25) is 5.91 Å². The van der Waals surface area contributed by atoms with Gasteiger partial charge in [-0.25, -0.2) is 5.43 Å². The van der Waals surface area contributed by atoms with Gasteiger partial charge < -0.3 is 4.18 Å². The van der Waals surface area contributed by atoms with E-state index in [0.29, 0.717) is 27.7 Å². The summed E-state index contributed by atoms with van der Waals surface area (Å²) in [5.41, 5.74) is 2.46. The molecule has 12 heteroatoms. The van der Waals surface area contributed by atoms with Crippen LogP contribution in [-0.4, -0.2) is 20.0 Å². The van der Waals surface area contributed by atoms with Gasteiger partial charge in [0.05, 0.1) is 27.7 Å². The second-order valence-electron chi connectivity index (χ2n) is 7.21. The molecule has 3 rings (SSSR count). The number of alkyl halides is 3. The van der Waals surface area contributed by atoms with Crippen LogP contribution in [0.2, 0.25) is 10.0 Å². The highest BCUT2D eigenvalue weighted by molar-refractivity contribution is 7.87. The number of nitrogens with zero attached hydrogens (tertiary/aromatic N) is 1. The predicted molar refractivity (Wildman–Crippen MR) is 126 cm³/mol. The van der Waals surface area contributed by atoms with Crippen molar-refractivity contribution in [2.24, 2.45) is 5.10 Å². The normalized spacial score (nSPS) is 12.3.